The molecule has 0 unspecified atom stereocenters. The van der Waals surface area contributed by atoms with Crippen LogP contribution in [0.5, 0.6) is 0 Å². The Balaban J connectivity index is 2.73. The Morgan fingerprint density at radius 1 is 1.13 bits per heavy atom. The fourth-order valence-corrected chi connectivity index (χ4v) is 1.31. The van der Waals surface area contributed by atoms with E-state index in [0.29, 0.717) is 11.5 Å². The van der Waals surface area contributed by atoms with Gasteiger partial charge in [0.1, 0.15) is 5.82 Å². The highest BCUT2D eigenvalue weighted by Crippen LogP contribution is 2.33. The Kier molecular flexibility index (Phi) is 2.10. The molecule has 0 atom stereocenters. The smallest absolute Gasteiger partial charge is 0.256 e. The molecule has 1 aromatic carbocycles. The Morgan fingerprint density at radius 3 is 2.53 bits per heavy atom. The summed E-state index contributed by atoms with van der Waals surface area (Å²) in [6.45, 7) is 0. The van der Waals surface area contributed by atoms with Crippen molar-refractivity contribution in [2.45, 2.75) is 6.18 Å². The Hall–Kier alpha value is -1.65. The summed E-state index contributed by atoms with van der Waals surface area (Å²) in [6, 6.07) is 4.59. The number of rotatable bonds is 0. The van der Waals surface area contributed by atoms with Gasteiger partial charge in [-0.1, -0.05) is 6.07 Å². The number of benzene rings is 1. The van der Waals surface area contributed by atoms with Gasteiger partial charge < -0.3 is 0 Å². The first-order valence-corrected chi connectivity index (χ1v) is 4.10. The van der Waals surface area contributed by atoms with Crippen LogP contribution in [0.25, 0.3) is 10.9 Å². The van der Waals surface area contributed by atoms with E-state index in [-0.39, 0.29) is 5.52 Å². The van der Waals surface area contributed by atoms with Gasteiger partial charge in [-0.05, 0) is 18.2 Å². The summed E-state index contributed by atoms with van der Waals surface area (Å²) < 4.78 is 50.0. The van der Waals surface area contributed by atoms with Crippen LogP contribution < -0.4 is 0 Å². The van der Waals surface area contributed by atoms with Gasteiger partial charge in [0.15, 0.2) is 0 Å². The van der Waals surface area contributed by atoms with Crippen molar-refractivity contribution < 1.29 is 17.6 Å². The maximum absolute atomic E-state index is 13.1. The summed E-state index contributed by atoms with van der Waals surface area (Å²) >= 11 is 0. The van der Waals surface area contributed by atoms with E-state index < -0.39 is 17.6 Å². The van der Waals surface area contributed by atoms with Gasteiger partial charge in [0.25, 0.3) is 0 Å². The zero-order chi connectivity index (χ0) is 11.1. The zero-order valence-corrected chi connectivity index (χ0v) is 7.35. The van der Waals surface area contributed by atoms with E-state index in [0.717, 1.165) is 6.07 Å². The number of hydrogen-bond donors (Lipinski definition) is 0. The first kappa shape index (κ1) is 9.89. The van der Waals surface area contributed by atoms with E-state index in [1.54, 1.807) is 0 Å². The lowest BCUT2D eigenvalue weighted by atomic mass is 10.1. The molecule has 0 fully saturated rings. The maximum Gasteiger partial charge on any atom is 0.419 e. The van der Waals surface area contributed by atoms with Crippen LogP contribution in [0, 0.1) is 5.82 Å². The van der Waals surface area contributed by atoms with Crippen molar-refractivity contribution in [1.82, 2.24) is 4.98 Å². The summed E-state index contributed by atoms with van der Waals surface area (Å²) in [6.07, 6.45) is -3.32. The fraction of sp³-hybridized carbons (Fsp3) is 0.100. The van der Waals surface area contributed by atoms with Gasteiger partial charge in [0, 0.05) is 11.6 Å². The highest BCUT2D eigenvalue weighted by Gasteiger charge is 2.34. The van der Waals surface area contributed by atoms with E-state index in [2.05, 4.69) is 4.98 Å². The van der Waals surface area contributed by atoms with Crippen molar-refractivity contribution >= 4 is 10.9 Å². The Morgan fingerprint density at radius 2 is 1.87 bits per heavy atom. The number of nitrogens with zero attached hydrogens (tertiary/aromatic N) is 1. The van der Waals surface area contributed by atoms with E-state index in [1.165, 1.54) is 18.3 Å². The molecule has 0 aliphatic carbocycles. The minimum Gasteiger partial charge on any atom is -0.256 e. The van der Waals surface area contributed by atoms with Crippen molar-refractivity contribution in [1.29, 1.82) is 0 Å². The molecular weight excluding hydrogens is 210 g/mol. The fourth-order valence-electron chi connectivity index (χ4n) is 1.31. The second-order valence-electron chi connectivity index (χ2n) is 3.03. The summed E-state index contributed by atoms with van der Waals surface area (Å²) in [4.78, 5) is 3.73. The molecule has 1 aromatic heterocycles. The van der Waals surface area contributed by atoms with Gasteiger partial charge in [-0.2, -0.15) is 13.2 Å². The first-order chi connectivity index (χ1) is 6.98. The molecule has 0 saturated carbocycles. The monoisotopic (exact) mass is 215 g/mol. The van der Waals surface area contributed by atoms with E-state index in [4.69, 9.17) is 0 Å². The lowest BCUT2D eigenvalue weighted by Gasteiger charge is -2.08. The van der Waals surface area contributed by atoms with Crippen LogP contribution in [-0.2, 0) is 6.18 Å². The Bertz CT molecular complexity index is 504. The van der Waals surface area contributed by atoms with Crippen molar-refractivity contribution in [3.05, 3.63) is 41.8 Å². The molecule has 15 heavy (non-hydrogen) atoms. The highest BCUT2D eigenvalue weighted by atomic mass is 19.4. The predicted molar refractivity (Wildman–Crippen MR) is 46.7 cm³/mol. The standard InChI is InChI=1S/C10H5F4N/c11-8-4-6-2-1-3-15-9(6)5-7(8)10(12,13)14/h1-5H. The zero-order valence-electron chi connectivity index (χ0n) is 7.35. The molecule has 1 heterocycles. The lowest BCUT2D eigenvalue weighted by molar-refractivity contribution is -0.139. The van der Waals surface area contributed by atoms with Gasteiger partial charge >= 0.3 is 6.18 Å². The topological polar surface area (TPSA) is 12.9 Å². The molecule has 1 nitrogen and oxygen atoms in total. The molecule has 5 heteroatoms. The van der Waals surface area contributed by atoms with Crippen LogP contribution in [0.2, 0.25) is 0 Å². The van der Waals surface area contributed by atoms with Crippen LogP contribution in [0.1, 0.15) is 5.56 Å². The SMILES string of the molecule is Fc1cc2cccnc2cc1C(F)(F)F. The molecule has 0 aliphatic heterocycles. The van der Waals surface area contributed by atoms with Gasteiger partial charge in [-0.25, -0.2) is 4.39 Å². The van der Waals surface area contributed by atoms with Gasteiger partial charge in [0.2, 0.25) is 0 Å². The molecular formula is C10H5F4N. The molecule has 78 valence electrons. The van der Waals surface area contributed by atoms with Crippen molar-refractivity contribution in [3.63, 3.8) is 0 Å². The second-order valence-corrected chi connectivity index (χ2v) is 3.03. The number of aromatic nitrogens is 1. The third kappa shape index (κ3) is 1.77. The number of halogens is 4. The minimum absolute atomic E-state index is 0.131. The average molecular weight is 215 g/mol. The van der Waals surface area contributed by atoms with Gasteiger partial charge in [0.05, 0.1) is 11.1 Å². The number of fused-ring (bicyclic) bond motifs is 1. The van der Waals surface area contributed by atoms with E-state index in [1.807, 2.05) is 0 Å². The molecule has 0 radical (unpaired) electrons. The largest absolute Gasteiger partial charge is 0.419 e. The molecule has 0 saturated heterocycles. The van der Waals surface area contributed by atoms with Crippen molar-refractivity contribution in [2.24, 2.45) is 0 Å². The van der Waals surface area contributed by atoms with E-state index >= 15 is 0 Å². The van der Waals surface area contributed by atoms with Crippen molar-refractivity contribution in [3.8, 4) is 0 Å². The number of alkyl halides is 3. The predicted octanol–water partition coefficient (Wildman–Crippen LogP) is 3.39. The van der Waals surface area contributed by atoms with Crippen LogP contribution in [0.4, 0.5) is 17.6 Å². The molecule has 0 bridgehead atoms. The third-order valence-corrected chi connectivity index (χ3v) is 2.00. The highest BCUT2D eigenvalue weighted by molar-refractivity contribution is 5.79. The normalized spacial score (nSPS) is 12.0. The lowest BCUT2D eigenvalue weighted by Crippen LogP contribution is -2.08. The number of hydrogen-bond acceptors (Lipinski definition) is 1. The molecule has 0 amide bonds. The second kappa shape index (κ2) is 3.18. The van der Waals surface area contributed by atoms with Gasteiger partial charge in [-0.3, -0.25) is 4.98 Å². The summed E-state index contributed by atoms with van der Waals surface area (Å²) in [5, 5.41) is 0.350. The third-order valence-electron chi connectivity index (χ3n) is 2.00. The van der Waals surface area contributed by atoms with Crippen LogP contribution in [0.15, 0.2) is 30.5 Å². The molecule has 0 N–H and O–H groups in total. The van der Waals surface area contributed by atoms with Crippen LogP contribution in [0.3, 0.4) is 0 Å². The molecule has 0 aliphatic rings. The number of pyridine rings is 1. The summed E-state index contributed by atoms with van der Waals surface area (Å²) in [5.74, 6) is -1.28. The first-order valence-electron chi connectivity index (χ1n) is 4.10. The van der Waals surface area contributed by atoms with Crippen LogP contribution in [-0.4, -0.2) is 4.98 Å². The summed E-state index contributed by atoms with van der Waals surface area (Å²) in [5.41, 5.74) is -1.15. The molecule has 0 spiro atoms. The Labute approximate surface area is 82.4 Å². The maximum atomic E-state index is 13.1. The van der Waals surface area contributed by atoms with Crippen LogP contribution >= 0.6 is 0 Å². The minimum atomic E-state index is -4.68. The van der Waals surface area contributed by atoms with Gasteiger partial charge in [-0.15, -0.1) is 0 Å². The molecule has 2 aromatic rings. The van der Waals surface area contributed by atoms with Crippen molar-refractivity contribution in [2.75, 3.05) is 0 Å². The average Bonchev–Trinajstić information content (AvgIpc) is 2.15. The molecule has 2 rings (SSSR count). The quantitative estimate of drug-likeness (QED) is 0.614. The summed E-state index contributed by atoms with van der Waals surface area (Å²) in [7, 11) is 0. The van der Waals surface area contributed by atoms with E-state index in [9.17, 15) is 17.6 Å².